The van der Waals surface area contributed by atoms with Gasteiger partial charge in [-0.2, -0.15) is 0 Å². The molecule has 108 valence electrons. The minimum absolute atomic E-state index is 0.0719. The first-order chi connectivity index (χ1) is 9.88. The van der Waals surface area contributed by atoms with Crippen LogP contribution in [0.1, 0.15) is 15.9 Å². The number of halogens is 1. The van der Waals surface area contributed by atoms with Gasteiger partial charge in [0.05, 0.1) is 16.6 Å². The molecule has 0 radical (unpaired) electrons. The number of aromatic carboxylic acids is 1. The highest BCUT2D eigenvalue weighted by Crippen LogP contribution is 2.30. The van der Waals surface area contributed by atoms with E-state index >= 15 is 0 Å². The van der Waals surface area contributed by atoms with Gasteiger partial charge in [0.2, 0.25) is 0 Å². The Morgan fingerprint density at radius 2 is 1.90 bits per heavy atom. The van der Waals surface area contributed by atoms with Gasteiger partial charge in [-0.1, -0.05) is 0 Å². The van der Waals surface area contributed by atoms with Gasteiger partial charge in [0.25, 0.3) is 5.69 Å². The van der Waals surface area contributed by atoms with E-state index in [-0.39, 0.29) is 28.3 Å². The molecule has 0 amide bonds. The standard InChI is InChI=1S/C14H10FNO5/c1-8-6-13(11(15)7-12(8)16(19)20)21-10-4-2-9(3-5-10)14(17)18/h2-7H,1H3,(H,17,18). The van der Waals surface area contributed by atoms with Gasteiger partial charge in [-0.15, -0.1) is 0 Å². The van der Waals surface area contributed by atoms with Gasteiger partial charge in [-0.3, -0.25) is 10.1 Å². The molecule has 0 aliphatic rings. The maximum Gasteiger partial charge on any atom is 0.335 e. The number of carbonyl (C=O) groups is 1. The monoisotopic (exact) mass is 291 g/mol. The van der Waals surface area contributed by atoms with Crippen molar-refractivity contribution in [2.75, 3.05) is 0 Å². The van der Waals surface area contributed by atoms with Crippen LogP contribution in [-0.2, 0) is 0 Å². The third-order valence-corrected chi connectivity index (χ3v) is 2.78. The SMILES string of the molecule is Cc1cc(Oc2ccc(C(=O)O)cc2)c(F)cc1[N+](=O)[O-]. The third-order valence-electron chi connectivity index (χ3n) is 2.78. The molecule has 2 aromatic carbocycles. The minimum atomic E-state index is -1.08. The van der Waals surface area contributed by atoms with Crippen LogP contribution >= 0.6 is 0 Å². The molecule has 0 heterocycles. The Morgan fingerprint density at radius 1 is 1.29 bits per heavy atom. The van der Waals surface area contributed by atoms with Crippen LogP contribution in [0.4, 0.5) is 10.1 Å². The zero-order valence-electron chi connectivity index (χ0n) is 10.9. The highest BCUT2D eigenvalue weighted by Gasteiger charge is 2.16. The number of nitro groups is 1. The number of nitrogens with zero attached hydrogens (tertiary/aromatic N) is 1. The Balaban J connectivity index is 2.29. The van der Waals surface area contributed by atoms with Crippen LogP contribution in [0.2, 0.25) is 0 Å². The zero-order valence-corrected chi connectivity index (χ0v) is 10.9. The summed E-state index contributed by atoms with van der Waals surface area (Å²) in [6, 6.07) is 7.38. The largest absolute Gasteiger partial charge is 0.478 e. The van der Waals surface area contributed by atoms with Gasteiger partial charge in [0.1, 0.15) is 5.75 Å². The predicted molar refractivity (Wildman–Crippen MR) is 71.3 cm³/mol. The molecule has 2 rings (SSSR count). The Kier molecular flexibility index (Phi) is 3.84. The van der Waals surface area contributed by atoms with Crippen molar-refractivity contribution in [3.63, 3.8) is 0 Å². The average molecular weight is 291 g/mol. The van der Waals surface area contributed by atoms with Gasteiger partial charge >= 0.3 is 5.97 Å². The lowest BCUT2D eigenvalue weighted by molar-refractivity contribution is -0.385. The Hall–Kier alpha value is -2.96. The normalized spacial score (nSPS) is 10.2. The number of carboxylic acid groups (broad SMARTS) is 1. The molecular formula is C14H10FNO5. The summed E-state index contributed by atoms with van der Waals surface area (Å²) in [5, 5.41) is 19.5. The number of aryl methyl sites for hydroxylation is 1. The lowest BCUT2D eigenvalue weighted by Crippen LogP contribution is -1.97. The molecule has 0 saturated heterocycles. The first-order valence-electron chi connectivity index (χ1n) is 5.84. The van der Waals surface area contributed by atoms with Gasteiger partial charge in [-0.05, 0) is 37.3 Å². The summed E-state index contributed by atoms with van der Waals surface area (Å²) >= 11 is 0. The van der Waals surface area contributed by atoms with E-state index in [0.717, 1.165) is 6.07 Å². The molecule has 6 nitrogen and oxygen atoms in total. The molecule has 0 unspecified atom stereocenters. The van der Waals surface area contributed by atoms with Crippen molar-refractivity contribution >= 4 is 11.7 Å². The topological polar surface area (TPSA) is 89.7 Å². The highest BCUT2D eigenvalue weighted by atomic mass is 19.1. The number of ether oxygens (including phenoxy) is 1. The van der Waals surface area contributed by atoms with E-state index in [4.69, 9.17) is 9.84 Å². The summed E-state index contributed by atoms with van der Waals surface area (Å²) < 4.78 is 19.0. The number of hydrogen-bond donors (Lipinski definition) is 1. The molecule has 1 N–H and O–H groups in total. The number of benzene rings is 2. The van der Waals surface area contributed by atoms with E-state index in [9.17, 15) is 19.3 Å². The fourth-order valence-corrected chi connectivity index (χ4v) is 1.71. The maximum atomic E-state index is 13.8. The van der Waals surface area contributed by atoms with Crippen molar-refractivity contribution in [1.82, 2.24) is 0 Å². The predicted octanol–water partition coefficient (Wildman–Crippen LogP) is 3.53. The molecule has 7 heteroatoms. The second kappa shape index (κ2) is 5.58. The first kappa shape index (κ1) is 14.4. The van der Waals surface area contributed by atoms with Crippen molar-refractivity contribution in [2.45, 2.75) is 6.92 Å². The summed E-state index contributed by atoms with van der Waals surface area (Å²) in [6.45, 7) is 1.47. The fourth-order valence-electron chi connectivity index (χ4n) is 1.71. The maximum absolute atomic E-state index is 13.8. The van der Waals surface area contributed by atoms with Gasteiger partial charge < -0.3 is 9.84 Å². The number of nitro benzene ring substituents is 1. The molecule has 21 heavy (non-hydrogen) atoms. The average Bonchev–Trinajstić information content (AvgIpc) is 2.42. The van der Waals surface area contributed by atoms with Crippen molar-refractivity contribution in [1.29, 1.82) is 0 Å². The van der Waals surface area contributed by atoms with Crippen LogP contribution in [0.5, 0.6) is 11.5 Å². The lowest BCUT2D eigenvalue weighted by atomic mass is 10.2. The second-order valence-corrected chi connectivity index (χ2v) is 4.26. The van der Waals surface area contributed by atoms with Crippen LogP contribution in [0.25, 0.3) is 0 Å². The smallest absolute Gasteiger partial charge is 0.335 e. The molecule has 0 aromatic heterocycles. The van der Waals surface area contributed by atoms with Crippen molar-refractivity contribution in [3.05, 3.63) is 63.5 Å². The van der Waals surface area contributed by atoms with E-state index in [1.165, 1.54) is 37.3 Å². The van der Waals surface area contributed by atoms with Crippen molar-refractivity contribution < 1.29 is 24.0 Å². The van der Waals surface area contributed by atoms with Crippen LogP contribution < -0.4 is 4.74 Å². The lowest BCUT2D eigenvalue weighted by Gasteiger charge is -2.08. The fraction of sp³-hybridized carbons (Fsp3) is 0.0714. The zero-order chi connectivity index (χ0) is 15.6. The van der Waals surface area contributed by atoms with E-state index in [1.54, 1.807) is 0 Å². The Labute approximate surface area is 118 Å². The van der Waals surface area contributed by atoms with Crippen molar-refractivity contribution in [2.24, 2.45) is 0 Å². The third kappa shape index (κ3) is 3.14. The highest BCUT2D eigenvalue weighted by molar-refractivity contribution is 5.87. The number of rotatable bonds is 4. The van der Waals surface area contributed by atoms with E-state index in [0.29, 0.717) is 0 Å². The minimum Gasteiger partial charge on any atom is -0.478 e. The second-order valence-electron chi connectivity index (χ2n) is 4.26. The molecule has 0 spiro atoms. The summed E-state index contributed by atoms with van der Waals surface area (Å²) in [7, 11) is 0. The molecule has 2 aromatic rings. The van der Waals surface area contributed by atoms with Gasteiger partial charge in [-0.25, -0.2) is 9.18 Å². The van der Waals surface area contributed by atoms with E-state index < -0.39 is 16.7 Å². The Bertz CT molecular complexity index is 712. The molecule has 0 atom stereocenters. The molecule has 0 bridgehead atoms. The van der Waals surface area contributed by atoms with E-state index in [2.05, 4.69) is 0 Å². The van der Waals surface area contributed by atoms with Gasteiger partial charge in [0, 0.05) is 5.56 Å². The number of carboxylic acids is 1. The van der Waals surface area contributed by atoms with E-state index in [1.807, 2.05) is 0 Å². The summed E-state index contributed by atoms with van der Waals surface area (Å²) in [4.78, 5) is 20.7. The molecule has 0 aliphatic carbocycles. The summed E-state index contributed by atoms with van der Waals surface area (Å²) in [6.07, 6.45) is 0. The Morgan fingerprint density at radius 3 is 2.43 bits per heavy atom. The first-order valence-corrected chi connectivity index (χ1v) is 5.84. The van der Waals surface area contributed by atoms with Crippen LogP contribution in [0.15, 0.2) is 36.4 Å². The molecule has 0 saturated carbocycles. The molecule has 0 aliphatic heterocycles. The van der Waals surface area contributed by atoms with Crippen LogP contribution in [0, 0.1) is 22.9 Å². The quantitative estimate of drug-likeness (QED) is 0.687. The van der Waals surface area contributed by atoms with Crippen LogP contribution in [-0.4, -0.2) is 16.0 Å². The summed E-state index contributed by atoms with van der Waals surface area (Å²) in [5.41, 5.74) is 0.00216. The van der Waals surface area contributed by atoms with Crippen LogP contribution in [0.3, 0.4) is 0 Å². The van der Waals surface area contributed by atoms with Crippen molar-refractivity contribution in [3.8, 4) is 11.5 Å². The summed E-state index contributed by atoms with van der Waals surface area (Å²) in [5.74, 6) is -1.89. The van der Waals surface area contributed by atoms with Gasteiger partial charge in [0.15, 0.2) is 11.6 Å². The number of hydrogen-bond acceptors (Lipinski definition) is 4. The molecule has 0 fully saturated rings. The molecular weight excluding hydrogens is 281 g/mol.